The SMILES string of the molecule is O=C(NN=Cc1ccc(Oc2ccc([N+](=O)[O-])cc2[N+](=O)[O-])cc1)c1cccc(F)c1. The Morgan fingerprint density at radius 1 is 1.00 bits per heavy atom. The number of ether oxygens (including phenoxy) is 1. The molecule has 0 aliphatic heterocycles. The average Bonchev–Trinajstić information content (AvgIpc) is 2.75. The Hall–Kier alpha value is -4.67. The van der Waals surface area contributed by atoms with Crippen molar-refractivity contribution in [2.75, 3.05) is 0 Å². The van der Waals surface area contributed by atoms with E-state index in [9.17, 15) is 29.4 Å². The summed E-state index contributed by atoms with van der Waals surface area (Å²) in [6, 6.07) is 14.4. The number of nitro benzene ring substituents is 2. The molecular weight excluding hydrogens is 411 g/mol. The Kier molecular flexibility index (Phi) is 6.26. The second-order valence-corrected chi connectivity index (χ2v) is 6.05. The normalized spacial score (nSPS) is 10.6. The van der Waals surface area contributed by atoms with Gasteiger partial charge in [0.2, 0.25) is 5.75 Å². The van der Waals surface area contributed by atoms with Crippen LogP contribution in [0.3, 0.4) is 0 Å². The van der Waals surface area contributed by atoms with Gasteiger partial charge in [-0.1, -0.05) is 6.07 Å². The Morgan fingerprint density at radius 3 is 2.39 bits per heavy atom. The zero-order valence-corrected chi connectivity index (χ0v) is 15.6. The third-order valence-electron chi connectivity index (χ3n) is 3.92. The molecule has 0 aromatic heterocycles. The van der Waals surface area contributed by atoms with Crippen molar-refractivity contribution in [1.82, 2.24) is 5.43 Å². The number of hydrogen-bond acceptors (Lipinski definition) is 7. The molecule has 0 saturated heterocycles. The standard InChI is InChI=1S/C20H13FN4O6/c21-15-3-1-2-14(10-15)20(26)23-22-12-13-4-7-17(8-5-13)31-19-9-6-16(24(27)28)11-18(19)25(29)30/h1-12H,(H,23,26). The molecule has 0 spiro atoms. The summed E-state index contributed by atoms with van der Waals surface area (Å²) in [5.41, 5.74) is 1.99. The molecule has 0 radical (unpaired) electrons. The minimum absolute atomic E-state index is 0.116. The molecule has 0 bridgehead atoms. The first kappa shape index (κ1) is 21.0. The van der Waals surface area contributed by atoms with Gasteiger partial charge in [0.25, 0.3) is 11.6 Å². The molecule has 1 N–H and O–H groups in total. The van der Waals surface area contributed by atoms with E-state index in [4.69, 9.17) is 4.74 Å². The van der Waals surface area contributed by atoms with Crippen molar-refractivity contribution in [1.29, 1.82) is 0 Å². The smallest absolute Gasteiger partial charge is 0.318 e. The number of nitrogens with one attached hydrogen (secondary N) is 1. The van der Waals surface area contributed by atoms with Gasteiger partial charge in [0.15, 0.2) is 0 Å². The highest BCUT2D eigenvalue weighted by Crippen LogP contribution is 2.34. The highest BCUT2D eigenvalue weighted by Gasteiger charge is 2.21. The molecule has 3 rings (SSSR count). The van der Waals surface area contributed by atoms with Crippen LogP contribution in [0.2, 0.25) is 0 Å². The van der Waals surface area contributed by atoms with Crippen molar-refractivity contribution < 1.29 is 23.8 Å². The summed E-state index contributed by atoms with van der Waals surface area (Å²) in [5.74, 6) is -1.03. The first-order valence-corrected chi connectivity index (χ1v) is 8.63. The van der Waals surface area contributed by atoms with Crippen molar-refractivity contribution in [2.45, 2.75) is 0 Å². The molecule has 0 aliphatic carbocycles. The minimum atomic E-state index is -0.773. The van der Waals surface area contributed by atoms with Gasteiger partial charge in [-0.2, -0.15) is 5.10 Å². The number of nitrogens with zero attached hydrogens (tertiary/aromatic N) is 3. The predicted molar refractivity (Wildman–Crippen MR) is 108 cm³/mol. The number of non-ortho nitro benzene ring substituents is 1. The molecule has 156 valence electrons. The average molecular weight is 424 g/mol. The number of carbonyl (C=O) groups is 1. The van der Waals surface area contributed by atoms with E-state index < -0.39 is 32.9 Å². The number of amides is 1. The number of carbonyl (C=O) groups excluding carboxylic acids is 1. The number of rotatable bonds is 7. The Labute approximate surface area is 173 Å². The first-order valence-electron chi connectivity index (χ1n) is 8.63. The summed E-state index contributed by atoms with van der Waals surface area (Å²) >= 11 is 0. The van der Waals surface area contributed by atoms with Gasteiger partial charge < -0.3 is 4.74 Å². The topological polar surface area (TPSA) is 137 Å². The third kappa shape index (κ3) is 5.44. The molecule has 10 nitrogen and oxygen atoms in total. The largest absolute Gasteiger partial charge is 0.450 e. The molecule has 0 unspecified atom stereocenters. The molecule has 11 heteroatoms. The quantitative estimate of drug-likeness (QED) is 0.343. The Bertz CT molecular complexity index is 1180. The lowest BCUT2D eigenvalue weighted by Crippen LogP contribution is -2.17. The van der Waals surface area contributed by atoms with Crippen LogP contribution >= 0.6 is 0 Å². The van der Waals surface area contributed by atoms with Crippen LogP contribution in [-0.2, 0) is 0 Å². The van der Waals surface area contributed by atoms with E-state index in [0.29, 0.717) is 5.56 Å². The molecular formula is C20H13FN4O6. The van der Waals surface area contributed by atoms with E-state index in [-0.39, 0.29) is 17.1 Å². The van der Waals surface area contributed by atoms with Gasteiger partial charge in [-0.25, -0.2) is 9.82 Å². The van der Waals surface area contributed by atoms with Crippen LogP contribution in [-0.4, -0.2) is 22.0 Å². The van der Waals surface area contributed by atoms with Gasteiger partial charge in [-0.05, 0) is 54.1 Å². The van der Waals surface area contributed by atoms with Gasteiger partial charge >= 0.3 is 5.69 Å². The molecule has 0 aliphatic rings. The second-order valence-electron chi connectivity index (χ2n) is 6.05. The molecule has 0 saturated carbocycles. The van der Waals surface area contributed by atoms with Crippen LogP contribution in [0.1, 0.15) is 15.9 Å². The number of halogens is 1. The molecule has 1 amide bonds. The highest BCUT2D eigenvalue weighted by atomic mass is 19.1. The maximum absolute atomic E-state index is 13.1. The van der Waals surface area contributed by atoms with Crippen LogP contribution < -0.4 is 10.2 Å². The number of hydrogen-bond donors (Lipinski definition) is 1. The summed E-state index contributed by atoms with van der Waals surface area (Å²) in [4.78, 5) is 32.3. The van der Waals surface area contributed by atoms with Crippen LogP contribution in [0, 0.1) is 26.0 Å². The van der Waals surface area contributed by atoms with Crippen molar-refractivity contribution >= 4 is 23.5 Å². The molecule has 0 heterocycles. The van der Waals surface area contributed by atoms with Gasteiger partial charge in [-0.3, -0.25) is 25.0 Å². The number of benzene rings is 3. The fourth-order valence-electron chi connectivity index (χ4n) is 2.46. The lowest BCUT2D eigenvalue weighted by atomic mass is 10.2. The lowest BCUT2D eigenvalue weighted by Gasteiger charge is -2.06. The fourth-order valence-corrected chi connectivity index (χ4v) is 2.46. The van der Waals surface area contributed by atoms with Gasteiger partial charge in [0, 0.05) is 11.6 Å². The third-order valence-corrected chi connectivity index (χ3v) is 3.92. The van der Waals surface area contributed by atoms with E-state index in [1.54, 1.807) is 12.1 Å². The second kappa shape index (κ2) is 9.22. The van der Waals surface area contributed by atoms with E-state index >= 15 is 0 Å². The molecule has 3 aromatic carbocycles. The summed E-state index contributed by atoms with van der Waals surface area (Å²) in [7, 11) is 0. The van der Waals surface area contributed by atoms with Gasteiger partial charge in [0.05, 0.1) is 22.1 Å². The van der Waals surface area contributed by atoms with Crippen molar-refractivity contribution in [3.05, 3.63) is 104 Å². The summed E-state index contributed by atoms with van der Waals surface area (Å²) in [5, 5.41) is 25.7. The van der Waals surface area contributed by atoms with Gasteiger partial charge in [0.1, 0.15) is 11.6 Å². The van der Waals surface area contributed by atoms with Crippen LogP contribution in [0.25, 0.3) is 0 Å². The fraction of sp³-hybridized carbons (Fsp3) is 0. The molecule has 0 fully saturated rings. The minimum Gasteiger partial charge on any atom is -0.450 e. The van der Waals surface area contributed by atoms with Crippen molar-refractivity contribution in [3.63, 3.8) is 0 Å². The summed E-state index contributed by atoms with van der Waals surface area (Å²) in [6.07, 6.45) is 1.34. The summed E-state index contributed by atoms with van der Waals surface area (Å²) in [6.45, 7) is 0. The van der Waals surface area contributed by atoms with E-state index in [1.807, 2.05) is 0 Å². The van der Waals surface area contributed by atoms with Crippen molar-refractivity contribution in [2.24, 2.45) is 5.10 Å². The molecule has 31 heavy (non-hydrogen) atoms. The molecule has 3 aromatic rings. The molecule has 0 atom stereocenters. The van der Waals surface area contributed by atoms with Crippen LogP contribution in [0.4, 0.5) is 15.8 Å². The Morgan fingerprint density at radius 2 is 1.74 bits per heavy atom. The number of hydrazone groups is 1. The maximum atomic E-state index is 13.1. The van der Waals surface area contributed by atoms with Crippen LogP contribution in [0.15, 0.2) is 71.8 Å². The van der Waals surface area contributed by atoms with Gasteiger partial charge in [-0.15, -0.1) is 0 Å². The lowest BCUT2D eigenvalue weighted by molar-refractivity contribution is -0.394. The maximum Gasteiger partial charge on any atom is 0.318 e. The van der Waals surface area contributed by atoms with Crippen molar-refractivity contribution in [3.8, 4) is 11.5 Å². The van der Waals surface area contributed by atoms with E-state index in [1.165, 1.54) is 36.5 Å². The number of nitro groups is 2. The summed E-state index contributed by atoms with van der Waals surface area (Å²) < 4.78 is 18.6. The monoisotopic (exact) mass is 424 g/mol. The first-order chi connectivity index (χ1) is 14.8. The predicted octanol–water partition coefficient (Wildman–Crippen LogP) is 4.20. The zero-order chi connectivity index (χ0) is 22.4. The highest BCUT2D eigenvalue weighted by molar-refractivity contribution is 5.94. The van der Waals surface area contributed by atoms with E-state index in [2.05, 4.69) is 10.5 Å². The van der Waals surface area contributed by atoms with E-state index in [0.717, 1.165) is 24.3 Å². The van der Waals surface area contributed by atoms with Crippen LogP contribution in [0.5, 0.6) is 11.5 Å². The zero-order valence-electron chi connectivity index (χ0n) is 15.6. The Balaban J connectivity index is 1.67.